The standard InChI is InChI=1S/C21H34N2O/c1-3-22(4-2)14-13-21(24)15-19-11-8-12-20(16-21)23(19)17-18-9-6-5-7-10-18/h5-7,9-10,19-20,24H,3-4,8,11-17H2,1-2H3. The molecule has 2 aliphatic heterocycles. The third-order valence-electron chi connectivity index (χ3n) is 6.24. The first kappa shape index (κ1) is 17.9. The lowest BCUT2D eigenvalue weighted by Gasteiger charge is -2.52. The molecular weight excluding hydrogens is 296 g/mol. The molecule has 24 heavy (non-hydrogen) atoms. The zero-order valence-electron chi connectivity index (χ0n) is 15.5. The van der Waals surface area contributed by atoms with E-state index in [-0.39, 0.29) is 0 Å². The molecule has 1 aromatic carbocycles. The average molecular weight is 331 g/mol. The maximum absolute atomic E-state index is 11.2. The van der Waals surface area contributed by atoms with Crippen molar-refractivity contribution < 1.29 is 5.11 Å². The van der Waals surface area contributed by atoms with Gasteiger partial charge in [-0.2, -0.15) is 0 Å². The second kappa shape index (κ2) is 7.99. The van der Waals surface area contributed by atoms with Crippen LogP contribution in [0.1, 0.15) is 57.9 Å². The van der Waals surface area contributed by atoms with E-state index in [2.05, 4.69) is 54.0 Å². The largest absolute Gasteiger partial charge is 0.390 e. The molecule has 0 saturated carbocycles. The topological polar surface area (TPSA) is 26.7 Å². The summed E-state index contributed by atoms with van der Waals surface area (Å²) in [5.74, 6) is 0. The molecule has 2 heterocycles. The molecule has 1 N–H and O–H groups in total. The van der Waals surface area contributed by atoms with Gasteiger partial charge in [-0.15, -0.1) is 0 Å². The van der Waals surface area contributed by atoms with E-state index in [0.717, 1.165) is 45.4 Å². The van der Waals surface area contributed by atoms with Gasteiger partial charge in [0.25, 0.3) is 0 Å². The van der Waals surface area contributed by atoms with E-state index in [1.807, 2.05) is 0 Å². The highest BCUT2D eigenvalue weighted by Gasteiger charge is 2.45. The van der Waals surface area contributed by atoms with Gasteiger partial charge in [-0.3, -0.25) is 4.90 Å². The Balaban J connectivity index is 1.64. The van der Waals surface area contributed by atoms with Crippen LogP contribution in [0.4, 0.5) is 0 Å². The Bertz CT molecular complexity index is 486. The molecule has 2 saturated heterocycles. The van der Waals surface area contributed by atoms with Crippen LogP contribution in [0.5, 0.6) is 0 Å². The van der Waals surface area contributed by atoms with Crippen LogP contribution in [0, 0.1) is 0 Å². The van der Waals surface area contributed by atoms with Crippen LogP contribution in [-0.2, 0) is 6.54 Å². The van der Waals surface area contributed by atoms with Crippen LogP contribution in [0.15, 0.2) is 30.3 Å². The fraction of sp³-hybridized carbons (Fsp3) is 0.714. The maximum atomic E-state index is 11.2. The summed E-state index contributed by atoms with van der Waals surface area (Å²) in [6, 6.07) is 11.9. The van der Waals surface area contributed by atoms with Gasteiger partial charge >= 0.3 is 0 Å². The summed E-state index contributed by atoms with van der Waals surface area (Å²) in [5, 5.41) is 11.2. The van der Waals surface area contributed by atoms with Crippen molar-refractivity contribution in [2.24, 2.45) is 0 Å². The van der Waals surface area contributed by atoms with E-state index in [1.165, 1.54) is 24.8 Å². The predicted molar refractivity (Wildman–Crippen MR) is 100 cm³/mol. The van der Waals surface area contributed by atoms with Gasteiger partial charge < -0.3 is 10.0 Å². The number of benzene rings is 1. The average Bonchev–Trinajstić information content (AvgIpc) is 2.58. The van der Waals surface area contributed by atoms with Crippen LogP contribution in [-0.4, -0.2) is 52.2 Å². The van der Waals surface area contributed by atoms with Crippen molar-refractivity contribution in [2.45, 2.75) is 76.6 Å². The molecule has 1 aromatic rings. The van der Waals surface area contributed by atoms with E-state index < -0.39 is 5.60 Å². The number of nitrogens with zero attached hydrogens (tertiary/aromatic N) is 2. The fourth-order valence-corrected chi connectivity index (χ4v) is 4.78. The molecule has 134 valence electrons. The highest BCUT2D eigenvalue weighted by atomic mass is 16.3. The Kier molecular flexibility index (Phi) is 5.96. The summed E-state index contributed by atoms with van der Waals surface area (Å²) in [6.45, 7) is 8.67. The molecule has 2 atom stereocenters. The molecule has 3 rings (SSSR count). The number of rotatable bonds is 7. The molecule has 0 aromatic heterocycles. The highest BCUT2D eigenvalue weighted by molar-refractivity contribution is 5.15. The monoisotopic (exact) mass is 330 g/mol. The summed E-state index contributed by atoms with van der Waals surface area (Å²) in [4.78, 5) is 5.12. The molecule has 2 bridgehead atoms. The van der Waals surface area contributed by atoms with Gasteiger partial charge in [-0.05, 0) is 50.8 Å². The van der Waals surface area contributed by atoms with Crippen LogP contribution in [0.3, 0.4) is 0 Å². The second-order valence-corrected chi connectivity index (χ2v) is 7.81. The van der Waals surface area contributed by atoms with Gasteiger partial charge in [0.1, 0.15) is 0 Å². The van der Waals surface area contributed by atoms with E-state index >= 15 is 0 Å². The molecule has 0 spiro atoms. The minimum Gasteiger partial charge on any atom is -0.390 e. The lowest BCUT2D eigenvalue weighted by atomic mass is 9.74. The molecule has 3 heteroatoms. The first-order valence-corrected chi connectivity index (χ1v) is 9.88. The van der Waals surface area contributed by atoms with Gasteiger partial charge in [0.05, 0.1) is 5.60 Å². The van der Waals surface area contributed by atoms with E-state index in [4.69, 9.17) is 0 Å². The molecule has 2 unspecified atom stereocenters. The van der Waals surface area contributed by atoms with Crippen molar-refractivity contribution in [3.63, 3.8) is 0 Å². The van der Waals surface area contributed by atoms with Crippen molar-refractivity contribution in [3.8, 4) is 0 Å². The molecule has 0 amide bonds. The van der Waals surface area contributed by atoms with Crippen molar-refractivity contribution >= 4 is 0 Å². The number of piperidine rings is 2. The highest BCUT2D eigenvalue weighted by Crippen LogP contribution is 2.41. The first-order valence-electron chi connectivity index (χ1n) is 9.88. The van der Waals surface area contributed by atoms with Gasteiger partial charge in [0.2, 0.25) is 0 Å². The van der Waals surface area contributed by atoms with Crippen LogP contribution in [0.25, 0.3) is 0 Å². The summed E-state index contributed by atoms with van der Waals surface area (Å²) in [7, 11) is 0. The third-order valence-corrected chi connectivity index (χ3v) is 6.24. The first-order chi connectivity index (χ1) is 11.6. The quantitative estimate of drug-likeness (QED) is 0.826. The van der Waals surface area contributed by atoms with Crippen LogP contribution < -0.4 is 0 Å². The lowest BCUT2D eigenvalue weighted by Crippen LogP contribution is -2.58. The number of hydrogen-bond acceptors (Lipinski definition) is 3. The van der Waals surface area contributed by atoms with E-state index in [1.54, 1.807) is 0 Å². The third kappa shape index (κ3) is 4.19. The summed E-state index contributed by atoms with van der Waals surface area (Å²) < 4.78 is 0. The van der Waals surface area contributed by atoms with Crippen LogP contribution >= 0.6 is 0 Å². The second-order valence-electron chi connectivity index (χ2n) is 7.81. The molecule has 2 aliphatic rings. The number of aliphatic hydroxyl groups is 1. The van der Waals surface area contributed by atoms with E-state index in [0.29, 0.717) is 12.1 Å². The SMILES string of the molecule is CCN(CC)CCC1(O)CC2CCCC(C1)N2Cc1ccccc1. The van der Waals surface area contributed by atoms with Gasteiger partial charge in [0, 0.05) is 25.2 Å². The van der Waals surface area contributed by atoms with Crippen LogP contribution in [0.2, 0.25) is 0 Å². The van der Waals surface area contributed by atoms with Gasteiger partial charge in [-0.25, -0.2) is 0 Å². The fourth-order valence-electron chi connectivity index (χ4n) is 4.78. The zero-order valence-corrected chi connectivity index (χ0v) is 15.5. The molecule has 0 aliphatic carbocycles. The van der Waals surface area contributed by atoms with Crippen molar-refractivity contribution in [1.82, 2.24) is 9.80 Å². The molecule has 2 fully saturated rings. The maximum Gasteiger partial charge on any atom is 0.0689 e. The Morgan fingerprint density at radius 2 is 1.71 bits per heavy atom. The van der Waals surface area contributed by atoms with Gasteiger partial charge in [-0.1, -0.05) is 50.6 Å². The molecular formula is C21H34N2O. The lowest BCUT2D eigenvalue weighted by molar-refractivity contribution is -0.101. The Hall–Kier alpha value is -0.900. The smallest absolute Gasteiger partial charge is 0.0689 e. The van der Waals surface area contributed by atoms with Crippen molar-refractivity contribution in [1.29, 1.82) is 0 Å². The zero-order chi connectivity index (χ0) is 17.0. The minimum atomic E-state index is -0.453. The summed E-state index contributed by atoms with van der Waals surface area (Å²) in [5.41, 5.74) is 0.953. The Labute approximate surface area is 147 Å². The number of fused-ring (bicyclic) bond motifs is 2. The van der Waals surface area contributed by atoms with E-state index in [9.17, 15) is 5.11 Å². The van der Waals surface area contributed by atoms with Gasteiger partial charge in [0.15, 0.2) is 0 Å². The number of hydrogen-bond donors (Lipinski definition) is 1. The summed E-state index contributed by atoms with van der Waals surface area (Å²) in [6.07, 6.45) is 6.66. The van der Waals surface area contributed by atoms with Crippen molar-refractivity contribution in [3.05, 3.63) is 35.9 Å². The Morgan fingerprint density at radius 3 is 2.29 bits per heavy atom. The molecule has 0 radical (unpaired) electrons. The minimum absolute atomic E-state index is 0.453. The normalized spacial score (nSPS) is 30.7. The Morgan fingerprint density at radius 1 is 1.08 bits per heavy atom. The predicted octanol–water partition coefficient (Wildman–Crippen LogP) is 3.67. The summed E-state index contributed by atoms with van der Waals surface area (Å²) >= 11 is 0. The molecule has 3 nitrogen and oxygen atoms in total. The van der Waals surface area contributed by atoms with Crippen molar-refractivity contribution in [2.75, 3.05) is 19.6 Å².